The standard InChI is InChI=1S/C24H37N3O5/c1-18(27-24(30)21(25)17-31-16-19-11-7-6-8-12-19)23(29)26-15-22(28)32-20-13-9-4-2-3-5-10-14-20/h6-8,11-12,18,20-21H,2-5,9-10,13-17,25H2,1H3,(H,26,29)(H,27,30)/t18-,21-/m1/s1. The zero-order valence-corrected chi connectivity index (χ0v) is 19.0. The van der Waals surface area contributed by atoms with E-state index in [1.54, 1.807) is 0 Å². The van der Waals surface area contributed by atoms with Crippen LogP contribution < -0.4 is 16.4 Å². The molecule has 0 aliphatic heterocycles. The number of hydrogen-bond acceptors (Lipinski definition) is 6. The molecule has 1 aromatic carbocycles. The maximum atomic E-state index is 12.2. The quantitative estimate of drug-likeness (QED) is 0.473. The fraction of sp³-hybridized carbons (Fsp3) is 0.625. The van der Waals surface area contributed by atoms with Crippen molar-refractivity contribution in [3.05, 3.63) is 35.9 Å². The van der Waals surface area contributed by atoms with Crippen LogP contribution >= 0.6 is 0 Å². The third-order valence-electron chi connectivity index (χ3n) is 5.51. The molecule has 0 unspecified atom stereocenters. The summed E-state index contributed by atoms with van der Waals surface area (Å²) in [7, 11) is 0. The number of carbonyl (C=O) groups is 3. The van der Waals surface area contributed by atoms with E-state index in [0.717, 1.165) is 31.2 Å². The summed E-state index contributed by atoms with van der Waals surface area (Å²) in [5.74, 6) is -1.41. The van der Waals surface area contributed by atoms with E-state index in [0.29, 0.717) is 6.61 Å². The van der Waals surface area contributed by atoms with Crippen LogP contribution in [0.15, 0.2) is 30.3 Å². The van der Waals surface area contributed by atoms with Crippen molar-refractivity contribution in [2.45, 2.75) is 83.1 Å². The number of ether oxygens (including phenoxy) is 2. The van der Waals surface area contributed by atoms with Crippen molar-refractivity contribution in [2.75, 3.05) is 13.2 Å². The molecule has 8 nitrogen and oxygen atoms in total. The molecule has 178 valence electrons. The number of amides is 2. The Kier molecular flexibility index (Phi) is 11.8. The highest BCUT2D eigenvalue weighted by atomic mass is 16.5. The Morgan fingerprint density at radius 2 is 1.62 bits per heavy atom. The van der Waals surface area contributed by atoms with Gasteiger partial charge in [0.15, 0.2) is 0 Å². The normalized spacial score (nSPS) is 17.2. The highest BCUT2D eigenvalue weighted by molar-refractivity contribution is 5.90. The summed E-state index contributed by atoms with van der Waals surface area (Å²) in [5, 5.41) is 5.07. The zero-order valence-electron chi connectivity index (χ0n) is 19.0. The summed E-state index contributed by atoms with van der Waals surface area (Å²) < 4.78 is 11.0. The molecule has 32 heavy (non-hydrogen) atoms. The Bertz CT molecular complexity index is 703. The van der Waals surface area contributed by atoms with Gasteiger partial charge in [-0.2, -0.15) is 0 Å². The third-order valence-corrected chi connectivity index (χ3v) is 5.51. The number of esters is 1. The summed E-state index contributed by atoms with van der Waals surface area (Å²) in [5.41, 5.74) is 6.83. The largest absolute Gasteiger partial charge is 0.461 e. The first-order chi connectivity index (χ1) is 15.5. The topological polar surface area (TPSA) is 120 Å². The van der Waals surface area contributed by atoms with Crippen LogP contribution in [0.4, 0.5) is 0 Å². The first kappa shape index (κ1) is 25.8. The molecule has 0 bridgehead atoms. The number of nitrogens with two attached hydrogens (primary N) is 1. The van der Waals surface area contributed by atoms with Gasteiger partial charge in [0.25, 0.3) is 0 Å². The highest BCUT2D eigenvalue weighted by Crippen LogP contribution is 2.19. The van der Waals surface area contributed by atoms with E-state index >= 15 is 0 Å². The predicted octanol–water partition coefficient (Wildman–Crippen LogP) is 2.20. The molecule has 0 spiro atoms. The molecule has 1 saturated carbocycles. The van der Waals surface area contributed by atoms with E-state index in [2.05, 4.69) is 10.6 Å². The van der Waals surface area contributed by atoms with Gasteiger partial charge in [-0.05, 0) is 38.2 Å². The molecule has 1 aliphatic rings. The summed E-state index contributed by atoms with van der Waals surface area (Å²) in [6.07, 6.45) is 8.59. The van der Waals surface area contributed by atoms with Gasteiger partial charge in [-0.3, -0.25) is 14.4 Å². The van der Waals surface area contributed by atoms with E-state index in [4.69, 9.17) is 15.2 Å². The molecule has 2 rings (SSSR count). The fourth-order valence-corrected chi connectivity index (χ4v) is 3.59. The van der Waals surface area contributed by atoms with Crippen molar-refractivity contribution in [2.24, 2.45) is 5.73 Å². The van der Waals surface area contributed by atoms with Gasteiger partial charge in [0, 0.05) is 0 Å². The van der Waals surface area contributed by atoms with Gasteiger partial charge in [-0.25, -0.2) is 0 Å². The zero-order chi connectivity index (χ0) is 23.2. The maximum absolute atomic E-state index is 12.2. The Morgan fingerprint density at radius 1 is 1.00 bits per heavy atom. The van der Waals surface area contributed by atoms with E-state index in [-0.39, 0.29) is 19.3 Å². The molecule has 1 aliphatic carbocycles. The van der Waals surface area contributed by atoms with Crippen LogP contribution in [0.5, 0.6) is 0 Å². The average molecular weight is 448 g/mol. The summed E-state index contributed by atoms with van der Waals surface area (Å²) in [4.78, 5) is 36.6. The van der Waals surface area contributed by atoms with Crippen molar-refractivity contribution >= 4 is 17.8 Å². The lowest BCUT2D eigenvalue weighted by atomic mass is 10.1. The number of benzene rings is 1. The summed E-state index contributed by atoms with van der Waals surface area (Å²) >= 11 is 0. The fourth-order valence-electron chi connectivity index (χ4n) is 3.59. The van der Waals surface area contributed by atoms with Crippen LogP contribution in [0.25, 0.3) is 0 Å². The first-order valence-electron chi connectivity index (χ1n) is 11.6. The Labute approximate surface area is 190 Å². The molecule has 2 atom stereocenters. The number of hydrogen-bond donors (Lipinski definition) is 3. The van der Waals surface area contributed by atoms with Gasteiger partial charge in [0.05, 0.1) is 13.2 Å². The molecule has 0 radical (unpaired) electrons. The number of nitrogens with one attached hydrogen (secondary N) is 2. The Morgan fingerprint density at radius 3 is 2.28 bits per heavy atom. The maximum Gasteiger partial charge on any atom is 0.325 e. The van der Waals surface area contributed by atoms with Crippen molar-refractivity contribution in [3.8, 4) is 0 Å². The van der Waals surface area contributed by atoms with Crippen LogP contribution in [0.1, 0.15) is 63.9 Å². The molecule has 1 aromatic rings. The minimum absolute atomic E-state index is 0.0305. The lowest BCUT2D eigenvalue weighted by Gasteiger charge is -2.19. The monoisotopic (exact) mass is 447 g/mol. The smallest absolute Gasteiger partial charge is 0.325 e. The Balaban J connectivity index is 1.64. The minimum Gasteiger partial charge on any atom is -0.461 e. The SMILES string of the molecule is C[C@@H](NC(=O)[C@H](N)COCc1ccccc1)C(=O)NCC(=O)OC1CCCCCCCC1. The average Bonchev–Trinajstić information content (AvgIpc) is 2.92. The van der Waals surface area contributed by atoms with E-state index < -0.39 is 29.9 Å². The van der Waals surface area contributed by atoms with Gasteiger partial charge in [-0.1, -0.05) is 56.0 Å². The van der Waals surface area contributed by atoms with E-state index in [1.165, 1.54) is 32.6 Å². The summed E-state index contributed by atoms with van der Waals surface area (Å²) in [6.45, 7) is 1.69. The molecule has 1 fully saturated rings. The van der Waals surface area contributed by atoms with Crippen molar-refractivity contribution in [3.63, 3.8) is 0 Å². The van der Waals surface area contributed by atoms with Gasteiger partial charge < -0.3 is 25.8 Å². The molecule has 8 heteroatoms. The van der Waals surface area contributed by atoms with Crippen molar-refractivity contribution < 1.29 is 23.9 Å². The molecule has 0 saturated heterocycles. The van der Waals surface area contributed by atoms with E-state index in [9.17, 15) is 14.4 Å². The number of rotatable bonds is 10. The second-order valence-electron chi connectivity index (χ2n) is 8.37. The number of carbonyl (C=O) groups excluding carboxylic acids is 3. The van der Waals surface area contributed by atoms with Crippen LogP contribution in [0, 0.1) is 0 Å². The van der Waals surface area contributed by atoms with Gasteiger partial charge in [-0.15, -0.1) is 0 Å². The lowest BCUT2D eigenvalue weighted by molar-refractivity contribution is -0.149. The first-order valence-corrected chi connectivity index (χ1v) is 11.6. The molecule has 4 N–H and O–H groups in total. The molecular formula is C24H37N3O5. The molecular weight excluding hydrogens is 410 g/mol. The van der Waals surface area contributed by atoms with Crippen LogP contribution in [-0.2, 0) is 30.5 Å². The molecule has 0 heterocycles. The molecule has 2 amide bonds. The third kappa shape index (κ3) is 10.2. The lowest BCUT2D eigenvalue weighted by Crippen LogP contribution is -2.52. The minimum atomic E-state index is -0.901. The van der Waals surface area contributed by atoms with Crippen molar-refractivity contribution in [1.82, 2.24) is 10.6 Å². The van der Waals surface area contributed by atoms with Crippen molar-refractivity contribution in [1.29, 1.82) is 0 Å². The van der Waals surface area contributed by atoms with Gasteiger partial charge >= 0.3 is 5.97 Å². The second-order valence-corrected chi connectivity index (χ2v) is 8.37. The van der Waals surface area contributed by atoms with Crippen LogP contribution in [0.2, 0.25) is 0 Å². The molecule has 0 aromatic heterocycles. The predicted molar refractivity (Wildman–Crippen MR) is 122 cm³/mol. The van der Waals surface area contributed by atoms with Gasteiger partial charge in [0.2, 0.25) is 11.8 Å². The highest BCUT2D eigenvalue weighted by Gasteiger charge is 2.21. The van der Waals surface area contributed by atoms with Crippen LogP contribution in [0.3, 0.4) is 0 Å². The van der Waals surface area contributed by atoms with E-state index in [1.807, 2.05) is 30.3 Å². The van der Waals surface area contributed by atoms with Crippen LogP contribution in [-0.4, -0.2) is 49.1 Å². The Hall–Kier alpha value is -2.45. The second kappa shape index (κ2) is 14.6. The van der Waals surface area contributed by atoms with Gasteiger partial charge in [0.1, 0.15) is 24.7 Å². The summed E-state index contributed by atoms with van der Waals surface area (Å²) in [6, 6.07) is 7.82.